The molecule has 0 spiro atoms. The molecule has 126 valence electrons. The van der Waals surface area contributed by atoms with Gasteiger partial charge in [0.2, 0.25) is 0 Å². The van der Waals surface area contributed by atoms with Crippen molar-refractivity contribution >= 4 is 5.91 Å². The maximum atomic E-state index is 12.5. The standard InChI is InChI=1S/C22H22N2O/c1-15-4-6-18(7-5-15)17(3)24-22(25)20-10-8-19(9-11-20)21-12-13-23-14-16(21)2/h4-14,17H,1-3H3,(H,24,25). The molecule has 0 aliphatic rings. The summed E-state index contributed by atoms with van der Waals surface area (Å²) in [5, 5.41) is 3.05. The second-order valence-electron chi connectivity index (χ2n) is 6.37. The van der Waals surface area contributed by atoms with E-state index in [1.54, 1.807) is 6.20 Å². The van der Waals surface area contributed by atoms with Crippen LogP contribution >= 0.6 is 0 Å². The van der Waals surface area contributed by atoms with Crippen molar-refractivity contribution in [1.82, 2.24) is 10.3 Å². The Morgan fingerprint density at radius 3 is 2.28 bits per heavy atom. The van der Waals surface area contributed by atoms with Gasteiger partial charge in [0.1, 0.15) is 0 Å². The third kappa shape index (κ3) is 3.94. The number of carbonyl (C=O) groups is 1. The molecule has 3 heteroatoms. The summed E-state index contributed by atoms with van der Waals surface area (Å²) in [4.78, 5) is 16.6. The van der Waals surface area contributed by atoms with E-state index in [1.165, 1.54) is 5.56 Å². The van der Waals surface area contributed by atoms with Crippen LogP contribution in [0.2, 0.25) is 0 Å². The molecule has 3 aromatic rings. The van der Waals surface area contributed by atoms with Crippen molar-refractivity contribution in [2.24, 2.45) is 0 Å². The molecule has 25 heavy (non-hydrogen) atoms. The van der Waals surface area contributed by atoms with Gasteiger partial charge >= 0.3 is 0 Å². The average Bonchev–Trinajstić information content (AvgIpc) is 2.63. The van der Waals surface area contributed by atoms with E-state index >= 15 is 0 Å². The van der Waals surface area contributed by atoms with E-state index in [-0.39, 0.29) is 11.9 Å². The molecule has 3 rings (SSSR count). The number of hydrogen-bond acceptors (Lipinski definition) is 2. The molecular formula is C22H22N2O. The Morgan fingerprint density at radius 2 is 1.64 bits per heavy atom. The number of hydrogen-bond donors (Lipinski definition) is 1. The number of rotatable bonds is 4. The van der Waals surface area contributed by atoms with Crippen LogP contribution in [0.1, 0.15) is 40.0 Å². The van der Waals surface area contributed by atoms with Gasteiger partial charge in [-0.05, 0) is 61.2 Å². The lowest BCUT2D eigenvalue weighted by atomic mass is 10.0. The van der Waals surface area contributed by atoms with E-state index in [9.17, 15) is 4.79 Å². The normalized spacial score (nSPS) is 11.8. The van der Waals surface area contributed by atoms with Crippen molar-refractivity contribution in [2.45, 2.75) is 26.8 Å². The maximum absolute atomic E-state index is 12.5. The van der Waals surface area contributed by atoms with Gasteiger partial charge in [0.05, 0.1) is 6.04 Å². The van der Waals surface area contributed by atoms with Gasteiger partial charge < -0.3 is 5.32 Å². The first-order valence-corrected chi connectivity index (χ1v) is 8.43. The van der Waals surface area contributed by atoms with Crippen LogP contribution in [0.25, 0.3) is 11.1 Å². The van der Waals surface area contributed by atoms with Gasteiger partial charge in [-0.25, -0.2) is 0 Å². The Bertz CT molecular complexity index is 867. The van der Waals surface area contributed by atoms with Crippen molar-refractivity contribution in [3.05, 3.63) is 89.2 Å². The van der Waals surface area contributed by atoms with Crippen LogP contribution in [0, 0.1) is 13.8 Å². The zero-order valence-corrected chi connectivity index (χ0v) is 14.8. The second-order valence-corrected chi connectivity index (χ2v) is 6.37. The number of aryl methyl sites for hydroxylation is 2. The van der Waals surface area contributed by atoms with Crippen molar-refractivity contribution in [2.75, 3.05) is 0 Å². The van der Waals surface area contributed by atoms with Crippen LogP contribution < -0.4 is 5.32 Å². The van der Waals surface area contributed by atoms with Crippen LogP contribution in [-0.4, -0.2) is 10.9 Å². The summed E-state index contributed by atoms with van der Waals surface area (Å²) in [6, 6.07) is 17.9. The molecule has 3 nitrogen and oxygen atoms in total. The van der Waals surface area contributed by atoms with E-state index in [4.69, 9.17) is 0 Å². The molecule has 1 amide bonds. The van der Waals surface area contributed by atoms with Gasteiger partial charge in [-0.2, -0.15) is 0 Å². The monoisotopic (exact) mass is 330 g/mol. The van der Waals surface area contributed by atoms with Gasteiger partial charge in [-0.1, -0.05) is 42.0 Å². The van der Waals surface area contributed by atoms with Crippen molar-refractivity contribution in [3.63, 3.8) is 0 Å². The zero-order chi connectivity index (χ0) is 17.8. The number of carbonyl (C=O) groups excluding carboxylic acids is 1. The highest BCUT2D eigenvalue weighted by Gasteiger charge is 2.12. The highest BCUT2D eigenvalue weighted by atomic mass is 16.1. The van der Waals surface area contributed by atoms with E-state index in [0.29, 0.717) is 5.56 Å². The Balaban J connectivity index is 1.72. The lowest BCUT2D eigenvalue weighted by Gasteiger charge is -2.15. The number of amides is 1. The summed E-state index contributed by atoms with van der Waals surface area (Å²) in [7, 11) is 0. The molecule has 0 fully saturated rings. The molecule has 0 saturated carbocycles. The van der Waals surface area contributed by atoms with Gasteiger partial charge in [-0.15, -0.1) is 0 Å². The minimum absolute atomic E-state index is 0.0322. The Morgan fingerprint density at radius 1 is 0.960 bits per heavy atom. The average molecular weight is 330 g/mol. The van der Waals surface area contributed by atoms with Crippen molar-refractivity contribution < 1.29 is 4.79 Å². The van der Waals surface area contributed by atoms with Crippen molar-refractivity contribution in [3.8, 4) is 11.1 Å². The van der Waals surface area contributed by atoms with Crippen LogP contribution in [0.4, 0.5) is 0 Å². The number of nitrogens with one attached hydrogen (secondary N) is 1. The Labute approximate surface area is 148 Å². The summed E-state index contributed by atoms with van der Waals surface area (Å²) >= 11 is 0. The fourth-order valence-electron chi connectivity index (χ4n) is 2.82. The minimum Gasteiger partial charge on any atom is -0.346 e. The highest BCUT2D eigenvalue weighted by molar-refractivity contribution is 5.95. The van der Waals surface area contributed by atoms with E-state index in [1.807, 2.05) is 50.4 Å². The first kappa shape index (κ1) is 16.9. The molecule has 2 aromatic carbocycles. The van der Waals surface area contributed by atoms with Crippen LogP contribution in [0.5, 0.6) is 0 Å². The summed E-state index contributed by atoms with van der Waals surface area (Å²) in [5.74, 6) is -0.0638. The predicted molar refractivity (Wildman–Crippen MR) is 101 cm³/mol. The molecular weight excluding hydrogens is 308 g/mol. The predicted octanol–water partition coefficient (Wildman–Crippen LogP) is 4.86. The summed E-state index contributed by atoms with van der Waals surface area (Å²) in [6.07, 6.45) is 3.63. The summed E-state index contributed by atoms with van der Waals surface area (Å²) in [5.41, 5.74) is 6.31. The molecule has 1 aromatic heterocycles. The molecule has 0 aliphatic heterocycles. The maximum Gasteiger partial charge on any atom is 0.251 e. The van der Waals surface area contributed by atoms with E-state index in [2.05, 4.69) is 41.5 Å². The molecule has 0 saturated heterocycles. The molecule has 1 N–H and O–H groups in total. The van der Waals surface area contributed by atoms with Crippen LogP contribution in [-0.2, 0) is 0 Å². The Hall–Kier alpha value is -2.94. The number of benzene rings is 2. The SMILES string of the molecule is Cc1ccc(C(C)NC(=O)c2ccc(-c3ccncc3C)cc2)cc1. The fraction of sp³-hybridized carbons (Fsp3) is 0.182. The lowest BCUT2D eigenvalue weighted by Crippen LogP contribution is -2.26. The molecule has 0 radical (unpaired) electrons. The fourth-order valence-corrected chi connectivity index (χ4v) is 2.82. The van der Waals surface area contributed by atoms with Gasteiger partial charge in [-0.3, -0.25) is 9.78 Å². The molecule has 0 aliphatic carbocycles. The molecule has 1 atom stereocenters. The molecule has 1 unspecified atom stereocenters. The smallest absolute Gasteiger partial charge is 0.251 e. The topological polar surface area (TPSA) is 42.0 Å². The van der Waals surface area contributed by atoms with Crippen LogP contribution in [0.15, 0.2) is 67.0 Å². The van der Waals surface area contributed by atoms with Crippen LogP contribution in [0.3, 0.4) is 0 Å². The van der Waals surface area contributed by atoms with Gasteiger partial charge in [0.25, 0.3) is 5.91 Å². The quantitative estimate of drug-likeness (QED) is 0.742. The van der Waals surface area contributed by atoms with Gasteiger partial charge in [0.15, 0.2) is 0 Å². The lowest BCUT2D eigenvalue weighted by molar-refractivity contribution is 0.0940. The molecule has 0 bridgehead atoms. The van der Waals surface area contributed by atoms with Gasteiger partial charge in [0, 0.05) is 18.0 Å². The third-order valence-corrected chi connectivity index (χ3v) is 4.40. The van der Waals surface area contributed by atoms with Crippen molar-refractivity contribution in [1.29, 1.82) is 0 Å². The second kappa shape index (κ2) is 7.31. The molecule has 1 heterocycles. The van der Waals surface area contributed by atoms with E-state index in [0.717, 1.165) is 22.3 Å². The first-order chi connectivity index (χ1) is 12.0. The summed E-state index contributed by atoms with van der Waals surface area (Å²) < 4.78 is 0. The first-order valence-electron chi connectivity index (χ1n) is 8.43. The third-order valence-electron chi connectivity index (χ3n) is 4.40. The Kier molecular flexibility index (Phi) is 4.94. The highest BCUT2D eigenvalue weighted by Crippen LogP contribution is 2.23. The number of nitrogens with zero attached hydrogens (tertiary/aromatic N) is 1. The summed E-state index contributed by atoms with van der Waals surface area (Å²) in [6.45, 7) is 6.09. The number of pyridine rings is 1. The largest absolute Gasteiger partial charge is 0.346 e. The number of aromatic nitrogens is 1. The minimum atomic E-state index is -0.0638. The van der Waals surface area contributed by atoms with E-state index < -0.39 is 0 Å². The zero-order valence-electron chi connectivity index (χ0n) is 14.8.